The number of hydrogen-bond donors (Lipinski definition) is 1. The average Bonchev–Trinajstić information content (AvgIpc) is 3.22. The number of hydrogen-bond acceptors (Lipinski definition) is 4. The largest absolute Gasteiger partial charge is 0.385 e. The van der Waals surface area contributed by atoms with Crippen molar-refractivity contribution in [3.8, 4) is 11.3 Å². The van der Waals surface area contributed by atoms with Crippen molar-refractivity contribution in [1.29, 1.82) is 0 Å². The number of methoxy groups -OCH3 is 1. The minimum absolute atomic E-state index is 0.106. The van der Waals surface area contributed by atoms with Gasteiger partial charge in [0.15, 0.2) is 0 Å². The van der Waals surface area contributed by atoms with E-state index >= 15 is 0 Å². The predicted molar refractivity (Wildman–Crippen MR) is 108 cm³/mol. The lowest BCUT2D eigenvalue weighted by Crippen LogP contribution is -2.31. The van der Waals surface area contributed by atoms with E-state index in [2.05, 4.69) is 15.2 Å². The van der Waals surface area contributed by atoms with E-state index in [4.69, 9.17) is 27.9 Å². The number of fused-ring (bicyclic) bond motifs is 1. The molecule has 1 N–H and O–H groups in total. The molecule has 2 aromatic heterocycles. The van der Waals surface area contributed by atoms with Gasteiger partial charge < -0.3 is 9.64 Å². The third kappa shape index (κ3) is 3.28. The van der Waals surface area contributed by atoms with Crippen molar-refractivity contribution in [3.63, 3.8) is 0 Å². The summed E-state index contributed by atoms with van der Waals surface area (Å²) in [6.07, 6.45) is 2.44. The molecule has 1 aromatic carbocycles. The number of nitrogens with zero attached hydrogens (tertiary/aromatic N) is 3. The number of carbonyl (C=O) groups is 1. The van der Waals surface area contributed by atoms with Gasteiger partial charge in [-0.3, -0.25) is 14.9 Å². The van der Waals surface area contributed by atoms with Gasteiger partial charge in [0.05, 0.1) is 10.7 Å². The fourth-order valence-corrected chi connectivity index (χ4v) is 4.04. The van der Waals surface area contributed by atoms with Crippen LogP contribution in [-0.2, 0) is 4.74 Å². The minimum Gasteiger partial charge on any atom is -0.385 e. The topological polar surface area (TPSA) is 71.1 Å². The summed E-state index contributed by atoms with van der Waals surface area (Å²) < 4.78 is 5.15. The van der Waals surface area contributed by atoms with E-state index in [1.165, 1.54) is 0 Å². The lowest BCUT2D eigenvalue weighted by Gasteiger charge is -2.25. The number of amides is 1. The van der Waals surface area contributed by atoms with Gasteiger partial charge in [0.25, 0.3) is 5.91 Å². The van der Waals surface area contributed by atoms with Crippen LogP contribution in [0.5, 0.6) is 0 Å². The summed E-state index contributed by atoms with van der Waals surface area (Å²) in [5.74, 6) is -0.106. The van der Waals surface area contributed by atoms with E-state index in [0.717, 1.165) is 23.2 Å². The molecule has 144 valence electrons. The zero-order chi connectivity index (χ0) is 19.7. The monoisotopic (exact) mass is 416 g/mol. The van der Waals surface area contributed by atoms with E-state index in [-0.39, 0.29) is 11.9 Å². The van der Waals surface area contributed by atoms with Gasteiger partial charge >= 0.3 is 0 Å². The second kappa shape index (κ2) is 7.91. The van der Waals surface area contributed by atoms with Gasteiger partial charge in [0.2, 0.25) is 0 Å². The highest BCUT2D eigenvalue weighted by Crippen LogP contribution is 2.43. The molecule has 1 aliphatic rings. The molecule has 3 aromatic rings. The van der Waals surface area contributed by atoms with Crippen LogP contribution in [0.25, 0.3) is 11.3 Å². The Morgan fingerprint density at radius 3 is 2.82 bits per heavy atom. The molecular formula is C20H18Cl2N4O2. The summed E-state index contributed by atoms with van der Waals surface area (Å²) in [5, 5.41) is 8.33. The molecule has 1 aliphatic heterocycles. The summed E-state index contributed by atoms with van der Waals surface area (Å²) in [7, 11) is 1.65. The smallest absolute Gasteiger partial charge is 0.273 e. The average molecular weight is 417 g/mol. The van der Waals surface area contributed by atoms with E-state index < -0.39 is 0 Å². The Bertz CT molecular complexity index is 1010. The Balaban J connectivity index is 1.83. The van der Waals surface area contributed by atoms with Gasteiger partial charge in [-0.15, -0.1) is 0 Å². The Hall–Kier alpha value is -2.41. The number of halogens is 2. The quantitative estimate of drug-likeness (QED) is 0.605. The number of pyridine rings is 1. The van der Waals surface area contributed by atoms with Gasteiger partial charge in [-0.1, -0.05) is 29.3 Å². The van der Waals surface area contributed by atoms with Gasteiger partial charge in [0, 0.05) is 42.6 Å². The summed E-state index contributed by atoms with van der Waals surface area (Å²) in [6.45, 7) is 1.12. The van der Waals surface area contributed by atoms with Crippen LogP contribution in [0.15, 0.2) is 42.6 Å². The number of rotatable bonds is 6. The third-order valence-electron chi connectivity index (χ3n) is 4.77. The first kappa shape index (κ1) is 18.9. The number of carbonyl (C=O) groups excluding carboxylic acids is 1. The molecule has 4 rings (SSSR count). The predicted octanol–water partition coefficient (Wildman–Crippen LogP) is 4.36. The maximum atomic E-state index is 13.1. The van der Waals surface area contributed by atoms with Crippen molar-refractivity contribution in [2.24, 2.45) is 0 Å². The highest BCUT2D eigenvalue weighted by molar-refractivity contribution is 6.36. The van der Waals surface area contributed by atoms with Gasteiger partial charge in [-0.2, -0.15) is 5.10 Å². The van der Waals surface area contributed by atoms with E-state index in [1.54, 1.807) is 30.3 Å². The van der Waals surface area contributed by atoms with E-state index in [1.807, 2.05) is 24.3 Å². The molecule has 1 unspecified atom stereocenters. The first-order valence-corrected chi connectivity index (χ1v) is 9.62. The molecule has 6 nitrogen and oxygen atoms in total. The van der Waals surface area contributed by atoms with Gasteiger partial charge in [-0.25, -0.2) is 0 Å². The molecule has 1 amide bonds. The molecular weight excluding hydrogens is 399 g/mol. The molecule has 0 spiro atoms. The number of H-pyrrole nitrogens is 1. The van der Waals surface area contributed by atoms with Gasteiger partial charge in [-0.05, 0) is 36.8 Å². The molecule has 0 radical (unpaired) electrons. The summed E-state index contributed by atoms with van der Waals surface area (Å²) >= 11 is 12.5. The molecule has 0 bridgehead atoms. The maximum Gasteiger partial charge on any atom is 0.273 e. The van der Waals surface area contributed by atoms with Crippen molar-refractivity contribution < 1.29 is 9.53 Å². The SMILES string of the molecule is COCCCN1C(=O)c2[nH]nc(-c3ccc(Cl)cc3Cl)c2C1c1ccccn1. The van der Waals surface area contributed by atoms with Crippen LogP contribution in [0, 0.1) is 0 Å². The Kier molecular flexibility index (Phi) is 5.35. The second-order valence-corrected chi connectivity index (χ2v) is 7.33. The normalized spacial score (nSPS) is 15.9. The first-order valence-electron chi connectivity index (χ1n) is 8.86. The summed E-state index contributed by atoms with van der Waals surface area (Å²) in [5.41, 5.74) is 3.38. The Morgan fingerprint density at radius 1 is 1.25 bits per heavy atom. The number of ether oxygens (including phenoxy) is 1. The van der Waals surface area contributed by atoms with E-state index in [0.29, 0.717) is 34.6 Å². The molecule has 0 saturated carbocycles. The van der Waals surface area contributed by atoms with Crippen LogP contribution in [0.2, 0.25) is 10.0 Å². The number of aromatic amines is 1. The molecule has 0 fully saturated rings. The molecule has 3 heterocycles. The Morgan fingerprint density at radius 2 is 2.11 bits per heavy atom. The minimum atomic E-state index is -0.346. The van der Waals surface area contributed by atoms with Crippen molar-refractivity contribution in [2.75, 3.05) is 20.3 Å². The van der Waals surface area contributed by atoms with Crippen LogP contribution in [-0.4, -0.2) is 46.2 Å². The molecule has 0 saturated heterocycles. The zero-order valence-electron chi connectivity index (χ0n) is 15.2. The highest BCUT2D eigenvalue weighted by atomic mass is 35.5. The van der Waals surface area contributed by atoms with Crippen molar-refractivity contribution in [3.05, 3.63) is 69.6 Å². The summed E-state index contributed by atoms with van der Waals surface area (Å²) in [4.78, 5) is 19.4. The zero-order valence-corrected chi connectivity index (χ0v) is 16.7. The molecule has 28 heavy (non-hydrogen) atoms. The van der Waals surface area contributed by atoms with E-state index in [9.17, 15) is 4.79 Å². The Labute approximate surface area is 172 Å². The molecule has 1 atom stereocenters. The van der Waals surface area contributed by atoms with Crippen LogP contribution in [0.1, 0.15) is 34.2 Å². The molecule has 0 aliphatic carbocycles. The first-order chi connectivity index (χ1) is 13.6. The van der Waals surface area contributed by atoms with Crippen molar-refractivity contribution in [1.82, 2.24) is 20.1 Å². The standard InChI is InChI=1S/C20H18Cl2N4O2/c1-28-10-4-9-26-19(15-5-2-3-8-23-15)16-17(24-25-18(16)20(26)27)13-7-6-12(21)11-14(13)22/h2-3,5-8,11,19H,4,9-10H2,1H3,(H,24,25). The molecule has 8 heteroatoms. The lowest BCUT2D eigenvalue weighted by molar-refractivity contribution is 0.0720. The van der Waals surface area contributed by atoms with Gasteiger partial charge in [0.1, 0.15) is 17.4 Å². The second-order valence-electron chi connectivity index (χ2n) is 6.49. The fourth-order valence-electron chi connectivity index (χ4n) is 3.54. The van der Waals surface area contributed by atoms with Crippen LogP contribution in [0.4, 0.5) is 0 Å². The summed E-state index contributed by atoms with van der Waals surface area (Å²) in [6, 6.07) is 10.6. The fraction of sp³-hybridized carbons (Fsp3) is 0.250. The van der Waals surface area contributed by atoms with Crippen molar-refractivity contribution >= 4 is 29.1 Å². The lowest BCUT2D eigenvalue weighted by atomic mass is 9.99. The van der Waals surface area contributed by atoms with Crippen molar-refractivity contribution in [2.45, 2.75) is 12.5 Å². The maximum absolute atomic E-state index is 13.1. The van der Waals surface area contributed by atoms with Crippen LogP contribution in [0.3, 0.4) is 0 Å². The third-order valence-corrected chi connectivity index (χ3v) is 5.31. The number of nitrogens with one attached hydrogen (secondary N) is 1. The van der Waals surface area contributed by atoms with Crippen LogP contribution < -0.4 is 0 Å². The van der Waals surface area contributed by atoms with Crippen LogP contribution >= 0.6 is 23.2 Å². The number of benzene rings is 1. The number of aromatic nitrogens is 3. The highest BCUT2D eigenvalue weighted by Gasteiger charge is 2.42.